The maximum absolute atomic E-state index is 11.2. The van der Waals surface area contributed by atoms with E-state index in [2.05, 4.69) is 4.98 Å². The Bertz CT molecular complexity index is 568. The smallest absolute Gasteiger partial charge is 0.133 e. The van der Waals surface area contributed by atoms with Gasteiger partial charge in [0.2, 0.25) is 0 Å². The first-order chi connectivity index (χ1) is 9.81. The Labute approximate surface area is 118 Å². The number of ether oxygens (including phenoxy) is 1. The normalized spacial score (nSPS) is 16.1. The number of rotatable bonds is 3. The summed E-state index contributed by atoms with van der Waals surface area (Å²) >= 11 is 0. The van der Waals surface area contributed by atoms with Crippen molar-refractivity contribution in [1.29, 1.82) is 0 Å². The van der Waals surface area contributed by atoms with E-state index in [4.69, 9.17) is 4.74 Å². The number of carbonyl (C=O) groups is 1. The van der Waals surface area contributed by atoms with E-state index in [-0.39, 0.29) is 6.10 Å². The van der Waals surface area contributed by atoms with Gasteiger partial charge in [0.15, 0.2) is 0 Å². The third-order valence-electron chi connectivity index (χ3n) is 3.61. The van der Waals surface area contributed by atoms with Gasteiger partial charge >= 0.3 is 0 Å². The largest absolute Gasteiger partial charge is 0.490 e. The summed E-state index contributed by atoms with van der Waals surface area (Å²) in [6.07, 6.45) is 4.93. The summed E-state index contributed by atoms with van der Waals surface area (Å²) in [7, 11) is 0. The van der Waals surface area contributed by atoms with Crippen LogP contribution in [0.3, 0.4) is 0 Å². The van der Waals surface area contributed by atoms with Gasteiger partial charge in [-0.3, -0.25) is 9.78 Å². The van der Waals surface area contributed by atoms with E-state index in [9.17, 15) is 4.79 Å². The monoisotopic (exact) mass is 267 g/mol. The van der Waals surface area contributed by atoms with Gasteiger partial charge in [0.1, 0.15) is 11.5 Å². The molecular weight excluding hydrogens is 250 g/mol. The van der Waals surface area contributed by atoms with Gasteiger partial charge in [-0.1, -0.05) is 6.07 Å². The second-order valence-corrected chi connectivity index (χ2v) is 5.10. The van der Waals surface area contributed by atoms with Crippen LogP contribution < -0.4 is 4.74 Å². The average molecular weight is 267 g/mol. The van der Waals surface area contributed by atoms with Gasteiger partial charge < -0.3 is 4.74 Å². The fourth-order valence-corrected chi connectivity index (χ4v) is 2.46. The van der Waals surface area contributed by atoms with Crippen molar-refractivity contribution in [2.24, 2.45) is 0 Å². The lowest BCUT2D eigenvalue weighted by Crippen LogP contribution is -2.23. The van der Waals surface area contributed by atoms with Crippen LogP contribution in [0.5, 0.6) is 5.75 Å². The van der Waals surface area contributed by atoms with Crippen LogP contribution in [0.4, 0.5) is 0 Å². The molecule has 1 aliphatic rings. The van der Waals surface area contributed by atoms with Crippen molar-refractivity contribution < 1.29 is 9.53 Å². The number of benzene rings is 1. The molecule has 0 atom stereocenters. The minimum absolute atomic E-state index is 0.174. The Balaban J connectivity index is 1.66. The number of carbonyl (C=O) groups excluding carboxylic acids is 1. The molecular formula is C17H17NO2. The Morgan fingerprint density at radius 1 is 1.00 bits per heavy atom. The van der Waals surface area contributed by atoms with E-state index in [1.807, 2.05) is 42.5 Å². The zero-order valence-corrected chi connectivity index (χ0v) is 11.3. The van der Waals surface area contributed by atoms with Crippen LogP contribution in [0.1, 0.15) is 25.7 Å². The van der Waals surface area contributed by atoms with Crippen LogP contribution in [0.15, 0.2) is 48.7 Å². The molecule has 1 saturated carbocycles. The number of hydrogen-bond acceptors (Lipinski definition) is 3. The number of hydrogen-bond donors (Lipinski definition) is 0. The third kappa shape index (κ3) is 3.05. The van der Waals surface area contributed by atoms with Crippen molar-refractivity contribution >= 4 is 5.78 Å². The van der Waals surface area contributed by atoms with Crippen molar-refractivity contribution in [3.05, 3.63) is 48.7 Å². The number of aromatic nitrogens is 1. The zero-order chi connectivity index (χ0) is 13.8. The molecule has 20 heavy (non-hydrogen) atoms. The topological polar surface area (TPSA) is 39.2 Å². The van der Waals surface area contributed by atoms with Crippen molar-refractivity contribution in [3.63, 3.8) is 0 Å². The number of pyridine rings is 1. The minimum atomic E-state index is 0.174. The quantitative estimate of drug-likeness (QED) is 0.852. The summed E-state index contributed by atoms with van der Waals surface area (Å²) in [5.41, 5.74) is 2.04. The molecule has 0 amide bonds. The second-order valence-electron chi connectivity index (χ2n) is 5.10. The Hall–Kier alpha value is -2.16. The van der Waals surface area contributed by atoms with Crippen molar-refractivity contribution in [3.8, 4) is 17.0 Å². The highest BCUT2D eigenvalue weighted by Crippen LogP contribution is 2.24. The van der Waals surface area contributed by atoms with Crippen LogP contribution in [0, 0.1) is 0 Å². The van der Waals surface area contributed by atoms with Gasteiger partial charge in [-0.2, -0.15) is 0 Å². The van der Waals surface area contributed by atoms with E-state index < -0.39 is 0 Å². The first kappa shape index (κ1) is 12.9. The van der Waals surface area contributed by atoms with Gasteiger partial charge in [-0.05, 0) is 49.2 Å². The number of nitrogens with zero attached hydrogens (tertiary/aromatic N) is 1. The molecule has 0 unspecified atom stereocenters. The highest BCUT2D eigenvalue weighted by Gasteiger charge is 2.19. The molecule has 3 rings (SSSR count). The third-order valence-corrected chi connectivity index (χ3v) is 3.61. The first-order valence-corrected chi connectivity index (χ1v) is 7.01. The van der Waals surface area contributed by atoms with Gasteiger partial charge in [0, 0.05) is 24.6 Å². The van der Waals surface area contributed by atoms with Crippen LogP contribution >= 0.6 is 0 Å². The molecule has 1 aromatic heterocycles. The summed E-state index contributed by atoms with van der Waals surface area (Å²) in [6.45, 7) is 0. The summed E-state index contributed by atoms with van der Waals surface area (Å²) in [5.74, 6) is 1.22. The molecule has 3 nitrogen and oxygen atoms in total. The molecule has 102 valence electrons. The van der Waals surface area contributed by atoms with Gasteiger partial charge in [-0.15, -0.1) is 0 Å². The van der Waals surface area contributed by atoms with Gasteiger partial charge in [-0.25, -0.2) is 0 Å². The van der Waals surface area contributed by atoms with E-state index in [0.717, 1.165) is 29.8 Å². The zero-order valence-electron chi connectivity index (χ0n) is 11.3. The SMILES string of the molecule is O=C1CCC(Oc2ccc(-c3ccccn3)cc2)CC1. The van der Waals surface area contributed by atoms with E-state index in [1.54, 1.807) is 6.20 Å². The van der Waals surface area contributed by atoms with E-state index in [1.165, 1.54) is 0 Å². The summed E-state index contributed by atoms with van der Waals surface area (Å²) in [4.78, 5) is 15.5. The van der Waals surface area contributed by atoms with Crippen LogP contribution in [-0.4, -0.2) is 16.9 Å². The Morgan fingerprint density at radius 2 is 1.75 bits per heavy atom. The molecule has 1 aromatic carbocycles. The molecule has 0 saturated heterocycles. The number of ketones is 1. The molecule has 0 radical (unpaired) electrons. The lowest BCUT2D eigenvalue weighted by Gasteiger charge is -2.22. The molecule has 0 bridgehead atoms. The highest BCUT2D eigenvalue weighted by molar-refractivity contribution is 5.79. The molecule has 0 spiro atoms. The Morgan fingerprint density at radius 3 is 2.40 bits per heavy atom. The molecule has 1 fully saturated rings. The first-order valence-electron chi connectivity index (χ1n) is 7.01. The van der Waals surface area contributed by atoms with Crippen LogP contribution in [0.2, 0.25) is 0 Å². The van der Waals surface area contributed by atoms with Crippen LogP contribution in [-0.2, 0) is 4.79 Å². The molecule has 0 aliphatic heterocycles. The fourth-order valence-electron chi connectivity index (χ4n) is 2.46. The van der Waals surface area contributed by atoms with Crippen LogP contribution in [0.25, 0.3) is 11.3 Å². The highest BCUT2D eigenvalue weighted by atomic mass is 16.5. The predicted octanol–water partition coefficient (Wildman–Crippen LogP) is 3.64. The Kier molecular flexibility index (Phi) is 3.77. The lowest BCUT2D eigenvalue weighted by molar-refractivity contribution is -0.121. The predicted molar refractivity (Wildman–Crippen MR) is 77.6 cm³/mol. The maximum atomic E-state index is 11.2. The summed E-state index contributed by atoms with van der Waals surface area (Å²) in [6, 6.07) is 13.9. The van der Waals surface area contributed by atoms with Crippen molar-refractivity contribution in [2.75, 3.05) is 0 Å². The summed E-state index contributed by atoms with van der Waals surface area (Å²) in [5, 5.41) is 0. The average Bonchev–Trinajstić information content (AvgIpc) is 2.51. The minimum Gasteiger partial charge on any atom is -0.490 e. The lowest BCUT2D eigenvalue weighted by atomic mass is 9.96. The van der Waals surface area contributed by atoms with Gasteiger partial charge in [0.05, 0.1) is 11.8 Å². The molecule has 2 aromatic rings. The van der Waals surface area contributed by atoms with E-state index in [0.29, 0.717) is 18.6 Å². The standard InChI is InChI=1S/C17H17NO2/c19-14-6-10-16(11-7-14)20-15-8-4-13(5-9-15)17-3-1-2-12-18-17/h1-5,8-9,12,16H,6-7,10-11H2. The molecule has 1 heterocycles. The second kappa shape index (κ2) is 5.87. The van der Waals surface area contributed by atoms with E-state index >= 15 is 0 Å². The molecule has 0 N–H and O–H groups in total. The fraction of sp³-hybridized carbons (Fsp3) is 0.294. The maximum Gasteiger partial charge on any atom is 0.133 e. The molecule has 1 aliphatic carbocycles. The van der Waals surface area contributed by atoms with Crippen molar-refractivity contribution in [2.45, 2.75) is 31.8 Å². The molecule has 3 heteroatoms. The van der Waals surface area contributed by atoms with Crippen molar-refractivity contribution in [1.82, 2.24) is 4.98 Å². The summed E-state index contributed by atoms with van der Waals surface area (Å²) < 4.78 is 5.92. The van der Waals surface area contributed by atoms with Gasteiger partial charge in [0.25, 0.3) is 0 Å². The number of Topliss-reactive ketones (excluding diaryl/α,β-unsaturated/α-hetero) is 1.